The SMILES string of the molecule is Cc1cc(C(=O)Nc2ccc(Oc3nn[nH]n3)cc2)c(C)o1. The third kappa shape index (κ3) is 2.95. The van der Waals surface area contributed by atoms with E-state index in [4.69, 9.17) is 9.15 Å². The van der Waals surface area contributed by atoms with E-state index in [0.29, 0.717) is 28.5 Å². The lowest BCUT2D eigenvalue weighted by Crippen LogP contribution is -2.11. The Morgan fingerprint density at radius 3 is 2.64 bits per heavy atom. The number of hydrogen-bond donors (Lipinski definition) is 2. The van der Waals surface area contributed by atoms with Gasteiger partial charge in [0, 0.05) is 5.69 Å². The molecule has 0 unspecified atom stereocenters. The summed E-state index contributed by atoms with van der Waals surface area (Å²) < 4.78 is 10.7. The van der Waals surface area contributed by atoms with E-state index in [1.807, 2.05) is 0 Å². The predicted molar refractivity (Wildman–Crippen MR) is 76.8 cm³/mol. The van der Waals surface area contributed by atoms with Crippen LogP contribution in [0.1, 0.15) is 21.9 Å². The summed E-state index contributed by atoms with van der Waals surface area (Å²) in [4.78, 5) is 12.2. The molecule has 112 valence electrons. The first kappa shape index (κ1) is 13.8. The van der Waals surface area contributed by atoms with Crippen molar-refractivity contribution in [2.45, 2.75) is 13.8 Å². The number of anilines is 1. The lowest BCUT2D eigenvalue weighted by molar-refractivity contribution is 0.102. The number of tetrazole rings is 1. The van der Waals surface area contributed by atoms with Crippen LogP contribution in [0.4, 0.5) is 5.69 Å². The molecule has 0 saturated carbocycles. The Kier molecular flexibility index (Phi) is 3.57. The molecule has 0 bridgehead atoms. The van der Waals surface area contributed by atoms with Crippen LogP contribution >= 0.6 is 0 Å². The van der Waals surface area contributed by atoms with E-state index in [1.165, 1.54) is 0 Å². The molecule has 0 radical (unpaired) electrons. The van der Waals surface area contributed by atoms with E-state index in [9.17, 15) is 4.79 Å². The van der Waals surface area contributed by atoms with E-state index in [1.54, 1.807) is 44.2 Å². The number of rotatable bonds is 4. The summed E-state index contributed by atoms with van der Waals surface area (Å²) in [6, 6.07) is 8.66. The number of H-pyrrole nitrogens is 1. The highest BCUT2D eigenvalue weighted by atomic mass is 16.5. The number of hydrogen-bond acceptors (Lipinski definition) is 6. The molecule has 0 fully saturated rings. The van der Waals surface area contributed by atoms with Crippen LogP contribution in [0.3, 0.4) is 0 Å². The Morgan fingerprint density at radius 1 is 1.27 bits per heavy atom. The van der Waals surface area contributed by atoms with Gasteiger partial charge in [-0.15, -0.1) is 0 Å². The number of furan rings is 1. The quantitative estimate of drug-likeness (QED) is 0.766. The maximum Gasteiger partial charge on any atom is 0.361 e. The minimum absolute atomic E-state index is 0.126. The van der Waals surface area contributed by atoms with Gasteiger partial charge in [-0.25, -0.2) is 0 Å². The zero-order valence-electron chi connectivity index (χ0n) is 12.0. The number of aryl methyl sites for hydroxylation is 2. The van der Waals surface area contributed by atoms with Crippen LogP contribution in [0.15, 0.2) is 34.7 Å². The largest absolute Gasteiger partial charge is 0.466 e. The molecule has 2 N–H and O–H groups in total. The first-order valence-corrected chi connectivity index (χ1v) is 6.51. The van der Waals surface area contributed by atoms with Crippen LogP contribution in [-0.2, 0) is 0 Å². The van der Waals surface area contributed by atoms with Crippen molar-refractivity contribution in [2.75, 3.05) is 5.32 Å². The Balaban J connectivity index is 1.68. The number of nitrogens with zero attached hydrogens (tertiary/aromatic N) is 3. The molecule has 0 aliphatic heterocycles. The molecule has 22 heavy (non-hydrogen) atoms. The van der Waals surface area contributed by atoms with Crippen LogP contribution in [0.2, 0.25) is 0 Å². The minimum Gasteiger partial charge on any atom is -0.466 e. The molecule has 2 aromatic heterocycles. The fourth-order valence-corrected chi connectivity index (χ4v) is 1.96. The van der Waals surface area contributed by atoms with Gasteiger partial charge in [-0.1, -0.05) is 10.2 Å². The molecule has 3 rings (SSSR count). The van der Waals surface area contributed by atoms with E-state index < -0.39 is 0 Å². The van der Waals surface area contributed by atoms with Crippen LogP contribution in [-0.4, -0.2) is 26.5 Å². The lowest BCUT2D eigenvalue weighted by Gasteiger charge is -2.05. The van der Waals surface area contributed by atoms with Crippen LogP contribution in [0.5, 0.6) is 11.8 Å². The molecule has 8 nitrogen and oxygen atoms in total. The van der Waals surface area contributed by atoms with Gasteiger partial charge in [0.15, 0.2) is 0 Å². The van der Waals surface area contributed by atoms with E-state index in [-0.39, 0.29) is 11.9 Å². The Morgan fingerprint density at radius 2 is 2.05 bits per heavy atom. The lowest BCUT2D eigenvalue weighted by atomic mass is 10.2. The van der Waals surface area contributed by atoms with E-state index in [2.05, 4.69) is 25.9 Å². The molecule has 0 spiro atoms. The minimum atomic E-state index is -0.221. The number of carbonyl (C=O) groups is 1. The number of carbonyl (C=O) groups excluding carboxylic acids is 1. The van der Waals surface area contributed by atoms with Gasteiger partial charge in [0.1, 0.15) is 17.3 Å². The molecule has 0 aliphatic carbocycles. The first-order chi connectivity index (χ1) is 10.6. The molecular formula is C14H13N5O3. The number of nitrogens with one attached hydrogen (secondary N) is 2. The normalized spacial score (nSPS) is 10.5. The van der Waals surface area contributed by atoms with Crippen molar-refractivity contribution in [1.29, 1.82) is 0 Å². The van der Waals surface area contributed by atoms with E-state index in [0.717, 1.165) is 0 Å². The van der Waals surface area contributed by atoms with Crippen molar-refractivity contribution in [2.24, 2.45) is 0 Å². The van der Waals surface area contributed by atoms with Gasteiger partial charge in [0.25, 0.3) is 5.91 Å². The Labute approximate surface area is 125 Å². The Bertz CT molecular complexity index is 777. The zero-order chi connectivity index (χ0) is 15.5. The van der Waals surface area contributed by atoms with Gasteiger partial charge in [0.2, 0.25) is 0 Å². The van der Waals surface area contributed by atoms with Crippen LogP contribution in [0, 0.1) is 13.8 Å². The number of aromatic nitrogens is 4. The first-order valence-electron chi connectivity index (χ1n) is 6.51. The third-order valence-electron chi connectivity index (χ3n) is 2.93. The molecular weight excluding hydrogens is 286 g/mol. The molecule has 1 aromatic carbocycles. The highest BCUT2D eigenvalue weighted by molar-refractivity contribution is 6.05. The number of benzene rings is 1. The summed E-state index contributed by atoms with van der Waals surface area (Å²) in [6.45, 7) is 3.55. The highest BCUT2D eigenvalue weighted by Gasteiger charge is 2.13. The molecule has 0 atom stereocenters. The summed E-state index contributed by atoms with van der Waals surface area (Å²) in [5.74, 6) is 1.61. The van der Waals surface area contributed by atoms with Gasteiger partial charge in [-0.3, -0.25) is 4.79 Å². The second kappa shape index (κ2) is 5.68. The Hall–Kier alpha value is -3.16. The summed E-state index contributed by atoms with van der Waals surface area (Å²) >= 11 is 0. The summed E-state index contributed by atoms with van der Waals surface area (Å²) in [7, 11) is 0. The molecule has 0 saturated heterocycles. The molecule has 1 amide bonds. The van der Waals surface area contributed by atoms with Crippen molar-refractivity contribution in [1.82, 2.24) is 20.6 Å². The maximum absolute atomic E-state index is 12.2. The number of amides is 1. The van der Waals surface area contributed by atoms with Gasteiger partial charge < -0.3 is 14.5 Å². The smallest absolute Gasteiger partial charge is 0.361 e. The third-order valence-corrected chi connectivity index (χ3v) is 2.93. The average molecular weight is 299 g/mol. The van der Waals surface area contributed by atoms with Gasteiger partial charge in [0.05, 0.1) is 5.56 Å². The van der Waals surface area contributed by atoms with Crippen molar-refractivity contribution in [3.63, 3.8) is 0 Å². The molecule has 2 heterocycles. The fraction of sp³-hybridized carbons (Fsp3) is 0.143. The van der Waals surface area contributed by atoms with Gasteiger partial charge >= 0.3 is 6.01 Å². The standard InChI is InChI=1S/C14H13N5O3/c1-8-7-12(9(2)21-8)13(20)15-10-3-5-11(6-4-10)22-14-16-18-19-17-14/h3-7H,1-2H3,(H,15,20)(H,16,17,18,19). The molecule has 3 aromatic rings. The van der Waals surface area contributed by atoms with Crippen molar-refractivity contribution < 1.29 is 13.9 Å². The van der Waals surface area contributed by atoms with Crippen molar-refractivity contribution in [3.8, 4) is 11.8 Å². The number of aromatic amines is 1. The topological polar surface area (TPSA) is 106 Å². The van der Waals surface area contributed by atoms with Crippen LogP contribution in [0.25, 0.3) is 0 Å². The fourth-order valence-electron chi connectivity index (χ4n) is 1.96. The maximum atomic E-state index is 12.2. The highest BCUT2D eigenvalue weighted by Crippen LogP contribution is 2.21. The predicted octanol–water partition coefficient (Wildman–Crippen LogP) is 2.45. The van der Waals surface area contributed by atoms with Gasteiger partial charge in [-0.05, 0) is 49.4 Å². The number of ether oxygens (including phenoxy) is 1. The van der Waals surface area contributed by atoms with Crippen molar-refractivity contribution >= 4 is 11.6 Å². The summed E-state index contributed by atoms with van der Waals surface area (Å²) in [6.07, 6.45) is 0. The second-order valence-corrected chi connectivity index (χ2v) is 4.60. The molecule has 8 heteroatoms. The summed E-state index contributed by atoms with van der Waals surface area (Å²) in [5, 5.41) is 15.8. The average Bonchev–Trinajstić information content (AvgIpc) is 3.10. The van der Waals surface area contributed by atoms with Crippen LogP contribution < -0.4 is 10.1 Å². The summed E-state index contributed by atoms with van der Waals surface area (Å²) in [5.41, 5.74) is 1.16. The van der Waals surface area contributed by atoms with Gasteiger partial charge in [-0.2, -0.15) is 5.21 Å². The molecule has 0 aliphatic rings. The van der Waals surface area contributed by atoms with E-state index >= 15 is 0 Å². The second-order valence-electron chi connectivity index (χ2n) is 4.60. The zero-order valence-corrected chi connectivity index (χ0v) is 12.0. The monoisotopic (exact) mass is 299 g/mol. The van der Waals surface area contributed by atoms with Crippen molar-refractivity contribution in [3.05, 3.63) is 47.4 Å².